The summed E-state index contributed by atoms with van der Waals surface area (Å²) < 4.78 is 0. The Labute approximate surface area is 110 Å². The van der Waals surface area contributed by atoms with Gasteiger partial charge < -0.3 is 5.73 Å². The zero-order valence-corrected chi connectivity index (χ0v) is 11.4. The molecule has 0 aromatic heterocycles. The monoisotopic (exact) mass is 250 g/mol. The average Bonchev–Trinajstić information content (AvgIpc) is 2.30. The normalized spacial score (nSPS) is 10.7. The zero-order valence-electron chi connectivity index (χ0n) is 10.6. The Bertz CT molecular complexity index is 324. The molecule has 0 heterocycles. The van der Waals surface area contributed by atoms with E-state index in [1.807, 2.05) is 0 Å². The fraction of sp³-hybridized carbons (Fsp3) is 0.500. The SMILES string of the molecule is CCCN(CCCc1ccccc1)CC(N)=S. The summed E-state index contributed by atoms with van der Waals surface area (Å²) in [6.45, 7) is 5.08. The van der Waals surface area contributed by atoms with Crippen molar-refractivity contribution in [1.29, 1.82) is 0 Å². The molecule has 3 heteroatoms. The fourth-order valence-electron chi connectivity index (χ4n) is 1.96. The second-order valence-corrected chi connectivity index (χ2v) is 4.86. The van der Waals surface area contributed by atoms with Crippen LogP contribution in [0.2, 0.25) is 0 Å². The molecule has 2 N–H and O–H groups in total. The lowest BCUT2D eigenvalue weighted by Crippen LogP contribution is -2.34. The van der Waals surface area contributed by atoms with Crippen LogP contribution in [0.25, 0.3) is 0 Å². The molecule has 0 saturated carbocycles. The third-order valence-electron chi connectivity index (χ3n) is 2.70. The minimum Gasteiger partial charge on any atom is -0.392 e. The van der Waals surface area contributed by atoms with E-state index in [2.05, 4.69) is 42.2 Å². The van der Waals surface area contributed by atoms with Gasteiger partial charge in [-0.05, 0) is 37.9 Å². The highest BCUT2D eigenvalue weighted by molar-refractivity contribution is 7.80. The van der Waals surface area contributed by atoms with Crippen molar-refractivity contribution in [1.82, 2.24) is 4.90 Å². The van der Waals surface area contributed by atoms with Crippen molar-refractivity contribution in [3.05, 3.63) is 35.9 Å². The first-order valence-corrected chi connectivity index (χ1v) is 6.67. The lowest BCUT2D eigenvalue weighted by atomic mass is 10.1. The van der Waals surface area contributed by atoms with Crippen molar-refractivity contribution in [2.45, 2.75) is 26.2 Å². The van der Waals surface area contributed by atoms with Crippen molar-refractivity contribution >= 4 is 17.2 Å². The molecule has 0 radical (unpaired) electrons. The highest BCUT2D eigenvalue weighted by atomic mass is 32.1. The third-order valence-corrected chi connectivity index (χ3v) is 2.83. The number of nitrogens with zero attached hydrogens (tertiary/aromatic N) is 1. The van der Waals surface area contributed by atoms with Gasteiger partial charge in [0.25, 0.3) is 0 Å². The fourth-order valence-corrected chi connectivity index (χ4v) is 2.14. The van der Waals surface area contributed by atoms with Gasteiger partial charge in [0.15, 0.2) is 0 Å². The number of hydrogen-bond donors (Lipinski definition) is 1. The number of hydrogen-bond acceptors (Lipinski definition) is 2. The Morgan fingerprint density at radius 2 is 1.94 bits per heavy atom. The Hall–Kier alpha value is -0.930. The van der Waals surface area contributed by atoms with Crippen LogP contribution >= 0.6 is 12.2 Å². The van der Waals surface area contributed by atoms with E-state index in [4.69, 9.17) is 18.0 Å². The molecule has 0 atom stereocenters. The van der Waals surface area contributed by atoms with Crippen LogP contribution < -0.4 is 5.73 Å². The molecule has 2 nitrogen and oxygen atoms in total. The van der Waals surface area contributed by atoms with Crippen LogP contribution in [0.5, 0.6) is 0 Å². The average molecular weight is 250 g/mol. The number of nitrogens with two attached hydrogens (primary N) is 1. The van der Waals surface area contributed by atoms with Crippen molar-refractivity contribution in [2.75, 3.05) is 19.6 Å². The first-order valence-electron chi connectivity index (χ1n) is 6.27. The van der Waals surface area contributed by atoms with E-state index < -0.39 is 0 Å². The standard InChI is InChI=1S/C14H22N2S/c1-2-10-16(12-14(15)17)11-6-9-13-7-4-3-5-8-13/h3-5,7-8H,2,6,9-12H2,1H3,(H2,15,17). The molecule has 0 aliphatic carbocycles. The van der Waals surface area contributed by atoms with E-state index >= 15 is 0 Å². The van der Waals surface area contributed by atoms with Crippen LogP contribution in [-0.2, 0) is 6.42 Å². The molecule has 0 spiro atoms. The van der Waals surface area contributed by atoms with Crippen molar-refractivity contribution in [3.63, 3.8) is 0 Å². The van der Waals surface area contributed by atoms with Gasteiger partial charge in [-0.3, -0.25) is 4.90 Å². The molecule has 17 heavy (non-hydrogen) atoms. The van der Waals surface area contributed by atoms with E-state index in [0.717, 1.165) is 38.9 Å². The van der Waals surface area contributed by atoms with Gasteiger partial charge in [-0.15, -0.1) is 0 Å². The first-order chi connectivity index (χ1) is 8.22. The maximum Gasteiger partial charge on any atom is 0.0870 e. The van der Waals surface area contributed by atoms with Crippen LogP contribution in [-0.4, -0.2) is 29.5 Å². The highest BCUT2D eigenvalue weighted by Gasteiger charge is 2.04. The van der Waals surface area contributed by atoms with Gasteiger partial charge in [0, 0.05) is 6.54 Å². The van der Waals surface area contributed by atoms with Gasteiger partial charge in [-0.25, -0.2) is 0 Å². The van der Waals surface area contributed by atoms with E-state index in [9.17, 15) is 0 Å². The molecule has 0 saturated heterocycles. The molecule has 1 aromatic rings. The lowest BCUT2D eigenvalue weighted by molar-refractivity contribution is 0.308. The molecule has 0 unspecified atom stereocenters. The van der Waals surface area contributed by atoms with Crippen molar-refractivity contribution in [3.8, 4) is 0 Å². The lowest BCUT2D eigenvalue weighted by Gasteiger charge is -2.20. The van der Waals surface area contributed by atoms with Gasteiger partial charge in [-0.1, -0.05) is 49.5 Å². The van der Waals surface area contributed by atoms with Gasteiger partial charge >= 0.3 is 0 Å². The summed E-state index contributed by atoms with van der Waals surface area (Å²) in [5.41, 5.74) is 7.00. The van der Waals surface area contributed by atoms with Crippen molar-refractivity contribution < 1.29 is 0 Å². The Balaban J connectivity index is 2.29. The predicted molar refractivity (Wildman–Crippen MR) is 78.3 cm³/mol. The number of aryl methyl sites for hydroxylation is 1. The Kier molecular flexibility index (Phi) is 6.82. The largest absolute Gasteiger partial charge is 0.392 e. The Morgan fingerprint density at radius 1 is 1.24 bits per heavy atom. The molecular weight excluding hydrogens is 228 g/mol. The van der Waals surface area contributed by atoms with E-state index in [1.54, 1.807) is 0 Å². The molecule has 1 rings (SSSR count). The molecule has 1 aromatic carbocycles. The molecule has 0 fully saturated rings. The second kappa shape index (κ2) is 8.20. The first kappa shape index (κ1) is 14.1. The number of benzene rings is 1. The van der Waals surface area contributed by atoms with Crippen molar-refractivity contribution in [2.24, 2.45) is 5.73 Å². The second-order valence-electron chi connectivity index (χ2n) is 4.33. The summed E-state index contributed by atoms with van der Waals surface area (Å²) >= 11 is 4.97. The van der Waals surface area contributed by atoms with Gasteiger partial charge in [0.05, 0.1) is 4.99 Å². The maximum absolute atomic E-state index is 5.60. The molecule has 0 aliphatic heterocycles. The van der Waals surface area contributed by atoms with Crippen LogP contribution in [0.3, 0.4) is 0 Å². The van der Waals surface area contributed by atoms with E-state index in [0.29, 0.717) is 4.99 Å². The topological polar surface area (TPSA) is 29.3 Å². The summed E-state index contributed by atoms with van der Waals surface area (Å²) in [5.74, 6) is 0. The number of rotatable bonds is 8. The molecule has 0 aliphatic rings. The van der Waals surface area contributed by atoms with E-state index in [-0.39, 0.29) is 0 Å². The van der Waals surface area contributed by atoms with Crippen LogP contribution in [0.15, 0.2) is 30.3 Å². The summed E-state index contributed by atoms with van der Waals surface area (Å²) in [6.07, 6.45) is 3.43. The minimum absolute atomic E-state index is 0.596. The predicted octanol–water partition coefficient (Wildman–Crippen LogP) is 2.62. The molecule has 94 valence electrons. The molecule has 0 bridgehead atoms. The third kappa shape index (κ3) is 6.39. The summed E-state index contributed by atoms with van der Waals surface area (Å²) in [4.78, 5) is 2.93. The van der Waals surface area contributed by atoms with Crippen LogP contribution in [0.4, 0.5) is 0 Å². The summed E-state index contributed by atoms with van der Waals surface area (Å²) in [6, 6.07) is 10.6. The quantitative estimate of drug-likeness (QED) is 0.719. The number of thiocarbonyl (C=S) groups is 1. The Morgan fingerprint density at radius 3 is 2.53 bits per heavy atom. The van der Waals surface area contributed by atoms with Gasteiger partial charge in [-0.2, -0.15) is 0 Å². The highest BCUT2D eigenvalue weighted by Crippen LogP contribution is 2.04. The molecular formula is C14H22N2S. The van der Waals surface area contributed by atoms with Gasteiger partial charge in [0.1, 0.15) is 0 Å². The smallest absolute Gasteiger partial charge is 0.0870 e. The van der Waals surface area contributed by atoms with Crippen LogP contribution in [0, 0.1) is 0 Å². The zero-order chi connectivity index (χ0) is 12.5. The summed E-state index contributed by atoms with van der Waals surface area (Å²) in [5, 5.41) is 0. The maximum atomic E-state index is 5.60. The van der Waals surface area contributed by atoms with Crippen LogP contribution in [0.1, 0.15) is 25.3 Å². The molecule has 0 amide bonds. The van der Waals surface area contributed by atoms with E-state index in [1.165, 1.54) is 5.56 Å². The summed E-state index contributed by atoms with van der Waals surface area (Å²) in [7, 11) is 0. The minimum atomic E-state index is 0.596. The van der Waals surface area contributed by atoms with Gasteiger partial charge in [0.2, 0.25) is 0 Å².